The maximum atomic E-state index is 9.18. The van der Waals surface area contributed by atoms with E-state index in [0.717, 1.165) is 19.4 Å². The lowest BCUT2D eigenvalue weighted by Crippen LogP contribution is -2.34. The summed E-state index contributed by atoms with van der Waals surface area (Å²) in [5, 5.41) is 11.3. The molecule has 1 saturated heterocycles. The van der Waals surface area contributed by atoms with Crippen LogP contribution in [-0.4, -0.2) is 30.2 Å². The van der Waals surface area contributed by atoms with Gasteiger partial charge in [0.2, 0.25) is 0 Å². The molecule has 2 nitrogen and oxygen atoms in total. The minimum Gasteiger partial charge on any atom is -0.396 e. The number of thiophene rings is 1. The molecular weight excluding hydrogens is 194 g/mol. The highest BCUT2D eigenvalue weighted by Crippen LogP contribution is 2.34. The zero-order valence-electron chi connectivity index (χ0n) is 8.52. The molecule has 2 atom stereocenters. The Labute approximate surface area is 89.2 Å². The van der Waals surface area contributed by atoms with Crippen molar-refractivity contribution in [3.8, 4) is 0 Å². The van der Waals surface area contributed by atoms with Crippen molar-refractivity contribution in [2.45, 2.75) is 18.9 Å². The summed E-state index contributed by atoms with van der Waals surface area (Å²) in [5.74, 6) is 0.498. The van der Waals surface area contributed by atoms with Gasteiger partial charge >= 0.3 is 0 Å². The van der Waals surface area contributed by atoms with Crippen molar-refractivity contribution in [2.75, 3.05) is 20.2 Å². The highest BCUT2D eigenvalue weighted by atomic mass is 32.1. The molecule has 1 aliphatic heterocycles. The van der Waals surface area contributed by atoms with E-state index in [1.807, 2.05) is 11.3 Å². The maximum Gasteiger partial charge on any atom is 0.0460 e. The van der Waals surface area contributed by atoms with E-state index in [1.54, 1.807) is 0 Å². The Morgan fingerprint density at radius 1 is 1.64 bits per heavy atom. The van der Waals surface area contributed by atoms with Gasteiger partial charge in [-0.05, 0) is 43.8 Å². The summed E-state index contributed by atoms with van der Waals surface area (Å²) in [6.07, 6.45) is 2.24. The summed E-state index contributed by atoms with van der Waals surface area (Å²) in [7, 11) is 2.18. The van der Waals surface area contributed by atoms with Crippen LogP contribution in [0.4, 0.5) is 0 Å². The third kappa shape index (κ3) is 2.00. The predicted octanol–water partition coefficient (Wildman–Crippen LogP) is 2.12. The van der Waals surface area contributed by atoms with Gasteiger partial charge in [-0.3, -0.25) is 4.90 Å². The van der Waals surface area contributed by atoms with Crippen LogP contribution < -0.4 is 0 Å². The van der Waals surface area contributed by atoms with Crippen LogP contribution in [-0.2, 0) is 0 Å². The molecule has 14 heavy (non-hydrogen) atoms. The van der Waals surface area contributed by atoms with E-state index in [-0.39, 0.29) is 0 Å². The molecule has 1 aromatic rings. The van der Waals surface area contributed by atoms with Gasteiger partial charge in [-0.15, -0.1) is 11.3 Å². The zero-order valence-corrected chi connectivity index (χ0v) is 9.33. The van der Waals surface area contributed by atoms with Crippen LogP contribution in [0.2, 0.25) is 0 Å². The fourth-order valence-electron chi connectivity index (χ4n) is 2.14. The van der Waals surface area contributed by atoms with Crippen molar-refractivity contribution in [3.05, 3.63) is 22.4 Å². The summed E-state index contributed by atoms with van der Waals surface area (Å²) in [6, 6.07) is 4.84. The van der Waals surface area contributed by atoms with E-state index < -0.39 is 0 Å². The largest absolute Gasteiger partial charge is 0.396 e. The second-order valence-electron chi connectivity index (χ2n) is 4.08. The average Bonchev–Trinajstić information content (AvgIpc) is 2.71. The molecule has 0 aliphatic carbocycles. The van der Waals surface area contributed by atoms with Crippen molar-refractivity contribution in [2.24, 2.45) is 5.92 Å². The van der Waals surface area contributed by atoms with Crippen LogP contribution in [0.5, 0.6) is 0 Å². The number of hydrogen-bond donors (Lipinski definition) is 1. The van der Waals surface area contributed by atoms with Gasteiger partial charge in [-0.25, -0.2) is 0 Å². The maximum absolute atomic E-state index is 9.18. The Kier molecular flexibility index (Phi) is 3.21. The summed E-state index contributed by atoms with van der Waals surface area (Å²) in [6.45, 7) is 1.45. The topological polar surface area (TPSA) is 23.5 Å². The van der Waals surface area contributed by atoms with Crippen LogP contribution in [0.25, 0.3) is 0 Å². The van der Waals surface area contributed by atoms with E-state index >= 15 is 0 Å². The fraction of sp³-hybridized carbons (Fsp3) is 0.636. The zero-order chi connectivity index (χ0) is 9.97. The van der Waals surface area contributed by atoms with Gasteiger partial charge in [-0.2, -0.15) is 0 Å². The number of likely N-dealkylation sites (tertiary alicyclic amines) is 1. The van der Waals surface area contributed by atoms with Crippen LogP contribution in [0, 0.1) is 5.92 Å². The van der Waals surface area contributed by atoms with Gasteiger partial charge in [0, 0.05) is 17.5 Å². The Balaban J connectivity index is 2.09. The Morgan fingerprint density at radius 2 is 2.50 bits per heavy atom. The Morgan fingerprint density at radius 3 is 3.14 bits per heavy atom. The molecule has 2 heterocycles. The number of aliphatic hydroxyl groups is 1. The van der Waals surface area contributed by atoms with E-state index in [9.17, 15) is 5.11 Å². The van der Waals surface area contributed by atoms with Crippen LogP contribution >= 0.6 is 11.3 Å². The highest BCUT2D eigenvalue weighted by molar-refractivity contribution is 7.10. The lowest BCUT2D eigenvalue weighted by molar-refractivity contribution is 0.102. The molecule has 0 unspecified atom stereocenters. The monoisotopic (exact) mass is 211 g/mol. The number of piperidine rings is 1. The first-order valence-electron chi connectivity index (χ1n) is 5.15. The first-order valence-corrected chi connectivity index (χ1v) is 6.03. The summed E-state index contributed by atoms with van der Waals surface area (Å²) in [5.41, 5.74) is 0. The molecule has 0 radical (unpaired) electrons. The lowest BCUT2D eigenvalue weighted by Gasteiger charge is -2.35. The molecule has 1 aromatic heterocycles. The Bertz CT molecular complexity index is 273. The standard InChI is InChI=1S/C11H17NOS/c1-12-5-4-9(8-13)7-10(12)11-3-2-6-14-11/h2-3,6,9-10,13H,4-5,7-8H2,1H3/t9-,10+/m1/s1. The molecular formula is C11H17NOS. The summed E-state index contributed by atoms with van der Waals surface area (Å²) in [4.78, 5) is 3.84. The minimum absolute atomic E-state index is 0.343. The van der Waals surface area contributed by atoms with Gasteiger partial charge in [0.1, 0.15) is 0 Å². The molecule has 0 amide bonds. The normalized spacial score (nSPS) is 29.3. The van der Waals surface area contributed by atoms with Crippen LogP contribution in [0.1, 0.15) is 23.8 Å². The number of nitrogens with zero attached hydrogens (tertiary/aromatic N) is 1. The van der Waals surface area contributed by atoms with Gasteiger partial charge in [0.25, 0.3) is 0 Å². The van der Waals surface area contributed by atoms with Crippen molar-refractivity contribution < 1.29 is 5.11 Å². The first kappa shape index (κ1) is 10.1. The predicted molar refractivity (Wildman–Crippen MR) is 59.5 cm³/mol. The number of aliphatic hydroxyl groups excluding tert-OH is 1. The SMILES string of the molecule is CN1CC[C@@H](CO)C[C@H]1c1cccs1. The third-order valence-corrected chi connectivity index (χ3v) is 4.08. The lowest BCUT2D eigenvalue weighted by atomic mass is 9.91. The minimum atomic E-state index is 0.343. The molecule has 3 heteroatoms. The van der Waals surface area contributed by atoms with E-state index in [4.69, 9.17) is 0 Å². The second kappa shape index (κ2) is 4.43. The summed E-state index contributed by atoms with van der Waals surface area (Å²) >= 11 is 1.82. The van der Waals surface area contributed by atoms with Crippen molar-refractivity contribution >= 4 is 11.3 Å². The van der Waals surface area contributed by atoms with Gasteiger partial charge in [0.05, 0.1) is 0 Å². The summed E-state index contributed by atoms with van der Waals surface area (Å²) < 4.78 is 0. The van der Waals surface area contributed by atoms with Gasteiger partial charge < -0.3 is 5.11 Å². The average molecular weight is 211 g/mol. The molecule has 0 bridgehead atoms. The smallest absolute Gasteiger partial charge is 0.0460 e. The number of rotatable bonds is 2. The molecule has 1 aliphatic rings. The van der Waals surface area contributed by atoms with E-state index in [1.165, 1.54) is 4.88 Å². The van der Waals surface area contributed by atoms with Crippen molar-refractivity contribution in [3.63, 3.8) is 0 Å². The molecule has 1 fully saturated rings. The van der Waals surface area contributed by atoms with Crippen LogP contribution in [0.15, 0.2) is 17.5 Å². The molecule has 0 spiro atoms. The van der Waals surface area contributed by atoms with Gasteiger partial charge in [-0.1, -0.05) is 6.07 Å². The quantitative estimate of drug-likeness (QED) is 0.810. The van der Waals surface area contributed by atoms with Crippen molar-refractivity contribution in [1.29, 1.82) is 0 Å². The van der Waals surface area contributed by atoms with Crippen molar-refractivity contribution in [1.82, 2.24) is 4.90 Å². The van der Waals surface area contributed by atoms with E-state index in [2.05, 4.69) is 29.5 Å². The second-order valence-corrected chi connectivity index (χ2v) is 5.06. The van der Waals surface area contributed by atoms with Crippen LogP contribution in [0.3, 0.4) is 0 Å². The molecule has 78 valence electrons. The highest BCUT2D eigenvalue weighted by Gasteiger charge is 2.27. The molecule has 1 N–H and O–H groups in total. The third-order valence-electron chi connectivity index (χ3n) is 3.11. The Hall–Kier alpha value is -0.380. The van der Waals surface area contributed by atoms with E-state index in [0.29, 0.717) is 18.6 Å². The number of hydrogen-bond acceptors (Lipinski definition) is 3. The first-order chi connectivity index (χ1) is 6.81. The molecule has 0 saturated carbocycles. The van der Waals surface area contributed by atoms with Gasteiger partial charge in [0.15, 0.2) is 0 Å². The molecule has 2 rings (SSSR count). The molecule has 0 aromatic carbocycles. The fourth-order valence-corrected chi connectivity index (χ4v) is 3.04.